The first-order valence-electron chi connectivity index (χ1n) is 5.74. The van der Waals surface area contributed by atoms with Gasteiger partial charge in [-0.15, -0.1) is 0 Å². The molecule has 0 bridgehead atoms. The van der Waals surface area contributed by atoms with Gasteiger partial charge in [0.1, 0.15) is 5.82 Å². The van der Waals surface area contributed by atoms with Gasteiger partial charge in [0.15, 0.2) is 0 Å². The molecule has 0 amide bonds. The second-order valence-electron chi connectivity index (χ2n) is 4.13. The average molecular weight is 258 g/mol. The second kappa shape index (κ2) is 7.48. The Bertz CT molecular complexity index is 345. The summed E-state index contributed by atoms with van der Waals surface area (Å²) in [4.78, 5) is 4.29. The van der Waals surface area contributed by atoms with Gasteiger partial charge in [-0.05, 0) is 11.6 Å². The first-order valence-corrected chi connectivity index (χ1v) is 6.12. The molecule has 1 rings (SSSR count). The highest BCUT2D eigenvalue weighted by atomic mass is 35.5. The molecule has 0 fully saturated rings. The molecule has 0 unspecified atom stereocenters. The molecule has 0 aliphatic carbocycles. The molecule has 5 heteroatoms. The summed E-state index contributed by atoms with van der Waals surface area (Å²) >= 11 is 6.13. The van der Waals surface area contributed by atoms with Crippen molar-refractivity contribution >= 4 is 17.4 Å². The Labute approximate surface area is 108 Å². The van der Waals surface area contributed by atoms with Crippen LogP contribution in [0.5, 0.6) is 0 Å². The van der Waals surface area contributed by atoms with E-state index in [-0.39, 0.29) is 0 Å². The summed E-state index contributed by atoms with van der Waals surface area (Å²) in [6, 6.07) is 2.38. The molecule has 4 nitrogen and oxygen atoms in total. The molecular weight excluding hydrogens is 238 g/mol. The number of hydrogen-bond acceptors (Lipinski definition) is 4. The van der Waals surface area contributed by atoms with E-state index in [4.69, 9.17) is 16.3 Å². The normalized spacial score (nSPS) is 10.9. The van der Waals surface area contributed by atoms with Crippen molar-refractivity contribution in [1.82, 2.24) is 10.3 Å². The van der Waals surface area contributed by atoms with Gasteiger partial charge >= 0.3 is 0 Å². The molecule has 0 spiro atoms. The number of aromatic nitrogens is 1. The number of halogens is 1. The summed E-state index contributed by atoms with van der Waals surface area (Å²) in [6.07, 6.45) is 1.83. The van der Waals surface area contributed by atoms with Gasteiger partial charge in [0, 0.05) is 32.4 Å². The maximum atomic E-state index is 6.13. The first-order chi connectivity index (χ1) is 8.13. The predicted octanol–water partition coefficient (Wildman–Crippen LogP) is 2.29. The highest BCUT2D eigenvalue weighted by Crippen LogP contribution is 2.19. The van der Waals surface area contributed by atoms with Crippen molar-refractivity contribution in [3.8, 4) is 0 Å². The van der Waals surface area contributed by atoms with Crippen LogP contribution in [0.25, 0.3) is 0 Å². The van der Waals surface area contributed by atoms with Crippen LogP contribution in [-0.4, -0.2) is 31.3 Å². The van der Waals surface area contributed by atoms with E-state index in [2.05, 4.69) is 29.5 Å². The van der Waals surface area contributed by atoms with Crippen molar-refractivity contribution in [3.63, 3.8) is 0 Å². The fourth-order valence-corrected chi connectivity index (χ4v) is 1.55. The van der Waals surface area contributed by atoms with E-state index >= 15 is 0 Å². The number of anilines is 1. The van der Waals surface area contributed by atoms with Gasteiger partial charge in [0.05, 0.1) is 11.6 Å². The molecule has 0 aliphatic rings. The topological polar surface area (TPSA) is 46.2 Å². The molecule has 0 atom stereocenters. The average Bonchev–Trinajstić information content (AvgIpc) is 2.29. The van der Waals surface area contributed by atoms with E-state index in [0.29, 0.717) is 30.0 Å². The summed E-state index contributed by atoms with van der Waals surface area (Å²) in [5, 5.41) is 7.08. The van der Waals surface area contributed by atoms with E-state index < -0.39 is 0 Å². The summed E-state index contributed by atoms with van der Waals surface area (Å²) in [5.74, 6) is 0.706. The fraction of sp³-hybridized carbons (Fsp3) is 0.583. The molecule has 17 heavy (non-hydrogen) atoms. The lowest BCUT2D eigenvalue weighted by atomic mass is 10.2. The Morgan fingerprint density at radius 3 is 2.82 bits per heavy atom. The zero-order valence-corrected chi connectivity index (χ0v) is 11.3. The van der Waals surface area contributed by atoms with Crippen LogP contribution < -0.4 is 10.6 Å². The van der Waals surface area contributed by atoms with E-state index in [1.165, 1.54) is 0 Å². The van der Waals surface area contributed by atoms with E-state index in [0.717, 1.165) is 12.1 Å². The van der Waals surface area contributed by atoms with Gasteiger partial charge in [-0.3, -0.25) is 0 Å². The summed E-state index contributed by atoms with van der Waals surface area (Å²) in [7, 11) is 1.66. The molecule has 0 aromatic carbocycles. The number of nitrogens with one attached hydrogen (secondary N) is 2. The number of ether oxygens (including phenoxy) is 1. The molecule has 0 aliphatic heterocycles. The summed E-state index contributed by atoms with van der Waals surface area (Å²) in [6.45, 7) is 6.33. The fourth-order valence-electron chi connectivity index (χ4n) is 1.30. The molecule has 96 valence electrons. The largest absolute Gasteiger partial charge is 0.383 e. The van der Waals surface area contributed by atoms with Crippen LogP contribution in [0.1, 0.15) is 19.4 Å². The van der Waals surface area contributed by atoms with Gasteiger partial charge in [0.2, 0.25) is 0 Å². The third kappa shape index (κ3) is 5.35. The van der Waals surface area contributed by atoms with Gasteiger partial charge in [-0.1, -0.05) is 25.4 Å². The van der Waals surface area contributed by atoms with Crippen molar-refractivity contribution in [3.05, 3.63) is 22.8 Å². The Morgan fingerprint density at radius 1 is 1.47 bits per heavy atom. The van der Waals surface area contributed by atoms with Gasteiger partial charge in [-0.25, -0.2) is 4.98 Å². The van der Waals surface area contributed by atoms with Gasteiger partial charge < -0.3 is 15.4 Å². The van der Waals surface area contributed by atoms with Crippen molar-refractivity contribution < 1.29 is 4.74 Å². The zero-order valence-electron chi connectivity index (χ0n) is 10.6. The standard InChI is InChI=1S/C12H20ClN3O/c1-9(2)15-7-10-6-11(13)12(16-8-10)14-4-5-17-3/h6,8-9,15H,4-5,7H2,1-3H3,(H,14,16). The molecule has 1 aromatic heterocycles. The van der Waals surface area contributed by atoms with E-state index in [1.54, 1.807) is 7.11 Å². The minimum atomic E-state index is 0.452. The van der Waals surface area contributed by atoms with Crippen molar-refractivity contribution in [2.45, 2.75) is 26.4 Å². The zero-order chi connectivity index (χ0) is 12.7. The predicted molar refractivity (Wildman–Crippen MR) is 71.6 cm³/mol. The third-order valence-electron chi connectivity index (χ3n) is 2.21. The SMILES string of the molecule is COCCNc1ncc(CNC(C)C)cc1Cl. The maximum Gasteiger partial charge on any atom is 0.144 e. The quantitative estimate of drug-likeness (QED) is 0.736. The van der Waals surface area contributed by atoms with Crippen LogP contribution in [0.15, 0.2) is 12.3 Å². The van der Waals surface area contributed by atoms with Crippen molar-refractivity contribution in [2.75, 3.05) is 25.6 Å². The highest BCUT2D eigenvalue weighted by Gasteiger charge is 2.03. The van der Waals surface area contributed by atoms with Crippen LogP contribution in [-0.2, 0) is 11.3 Å². The van der Waals surface area contributed by atoms with E-state index in [1.807, 2.05) is 12.3 Å². The minimum Gasteiger partial charge on any atom is -0.383 e. The first kappa shape index (κ1) is 14.2. The molecule has 0 saturated heterocycles. The van der Waals surface area contributed by atoms with Gasteiger partial charge in [-0.2, -0.15) is 0 Å². The van der Waals surface area contributed by atoms with Crippen LogP contribution in [0.4, 0.5) is 5.82 Å². The number of rotatable bonds is 7. The second-order valence-corrected chi connectivity index (χ2v) is 4.54. The Morgan fingerprint density at radius 2 is 2.24 bits per heavy atom. The number of hydrogen-bond donors (Lipinski definition) is 2. The molecule has 2 N–H and O–H groups in total. The van der Waals surface area contributed by atoms with Crippen LogP contribution in [0.2, 0.25) is 5.02 Å². The summed E-state index contributed by atoms with van der Waals surface area (Å²) < 4.78 is 4.95. The van der Waals surface area contributed by atoms with Crippen LogP contribution in [0.3, 0.4) is 0 Å². The van der Waals surface area contributed by atoms with E-state index in [9.17, 15) is 0 Å². The molecule has 1 aromatic rings. The lowest BCUT2D eigenvalue weighted by Crippen LogP contribution is -2.22. The number of methoxy groups -OCH3 is 1. The van der Waals surface area contributed by atoms with Crippen LogP contribution in [0, 0.1) is 0 Å². The Hall–Kier alpha value is -0.840. The van der Waals surface area contributed by atoms with Gasteiger partial charge in [0.25, 0.3) is 0 Å². The highest BCUT2D eigenvalue weighted by molar-refractivity contribution is 6.32. The smallest absolute Gasteiger partial charge is 0.144 e. The Balaban J connectivity index is 2.53. The van der Waals surface area contributed by atoms with Crippen LogP contribution >= 0.6 is 11.6 Å². The molecule has 0 saturated carbocycles. The maximum absolute atomic E-state index is 6.13. The number of pyridine rings is 1. The van der Waals surface area contributed by atoms with Crippen molar-refractivity contribution in [1.29, 1.82) is 0 Å². The Kier molecular flexibility index (Phi) is 6.26. The minimum absolute atomic E-state index is 0.452. The lowest BCUT2D eigenvalue weighted by molar-refractivity contribution is 0.210. The molecule has 0 radical (unpaired) electrons. The number of nitrogens with zero attached hydrogens (tertiary/aromatic N) is 1. The molecular formula is C12H20ClN3O. The summed E-state index contributed by atoms with van der Waals surface area (Å²) in [5.41, 5.74) is 1.08. The van der Waals surface area contributed by atoms with Crippen molar-refractivity contribution in [2.24, 2.45) is 0 Å². The molecule has 1 heterocycles. The monoisotopic (exact) mass is 257 g/mol. The lowest BCUT2D eigenvalue weighted by Gasteiger charge is -2.10. The third-order valence-corrected chi connectivity index (χ3v) is 2.50.